The highest BCUT2D eigenvalue weighted by molar-refractivity contribution is 6.39. The second-order valence-electron chi connectivity index (χ2n) is 13.1. The van der Waals surface area contributed by atoms with Gasteiger partial charge >= 0.3 is 23.9 Å². The first-order valence-electron chi connectivity index (χ1n) is 16.4. The van der Waals surface area contributed by atoms with E-state index in [0.29, 0.717) is 10.8 Å². The van der Waals surface area contributed by atoms with Gasteiger partial charge in [-0.05, 0) is 111 Å². The molecule has 8 heteroatoms. The van der Waals surface area contributed by atoms with Gasteiger partial charge in [-0.25, -0.2) is 19.2 Å². The molecule has 10 aromatic rings. The topological polar surface area (TPSA) is 149 Å². The maximum absolute atomic E-state index is 12.3. The van der Waals surface area contributed by atoms with Crippen molar-refractivity contribution in [2.24, 2.45) is 0 Å². The van der Waals surface area contributed by atoms with Crippen LogP contribution in [0.4, 0.5) is 0 Å². The van der Waals surface area contributed by atoms with Crippen LogP contribution >= 0.6 is 0 Å². The predicted octanol–water partition coefficient (Wildman–Crippen LogP) is 10.2. The Kier molecular flexibility index (Phi) is 5.76. The van der Waals surface area contributed by atoms with E-state index in [4.69, 9.17) is 0 Å². The van der Waals surface area contributed by atoms with Gasteiger partial charge in [0.25, 0.3) is 0 Å². The standard InChI is InChI=1S/C44H22O8/c45-41(46)31-15-11-27-23-5-1-3-21-19(7-9-25(35(21)23)29-13-17-33(43(49)50)39(31)37(27)29)20-8-10-26-30-14-18-34(44(51)52)40-32(42(47)48)16-12-28(38(30)40)24-6-2-4-22(20)36(24)26/h1-18H,(H,45,46)(H,47,48)(H,49,50)(H,51,52). The van der Waals surface area contributed by atoms with Crippen molar-refractivity contribution in [2.45, 2.75) is 0 Å². The number of hydrogen-bond acceptors (Lipinski definition) is 4. The van der Waals surface area contributed by atoms with Crippen molar-refractivity contribution in [1.29, 1.82) is 0 Å². The summed E-state index contributed by atoms with van der Waals surface area (Å²) in [6.45, 7) is 0. The van der Waals surface area contributed by atoms with E-state index in [-0.39, 0.29) is 33.0 Å². The minimum absolute atomic E-state index is 0.0651. The summed E-state index contributed by atoms with van der Waals surface area (Å²) in [7, 11) is 0. The fourth-order valence-electron chi connectivity index (χ4n) is 8.78. The molecular formula is C44H22O8. The first-order valence-corrected chi connectivity index (χ1v) is 16.4. The molecule has 4 N–H and O–H groups in total. The van der Waals surface area contributed by atoms with Gasteiger partial charge in [0.05, 0.1) is 22.3 Å². The van der Waals surface area contributed by atoms with Gasteiger partial charge < -0.3 is 20.4 Å². The number of fused-ring (bicyclic) bond motifs is 4. The van der Waals surface area contributed by atoms with Crippen LogP contribution in [0.3, 0.4) is 0 Å². The summed E-state index contributed by atoms with van der Waals surface area (Å²) in [5.41, 5.74) is 1.67. The molecule has 52 heavy (non-hydrogen) atoms. The third kappa shape index (κ3) is 3.64. The van der Waals surface area contributed by atoms with Crippen LogP contribution in [-0.2, 0) is 0 Å². The molecule has 0 unspecified atom stereocenters. The van der Waals surface area contributed by atoms with Crippen LogP contribution in [0.2, 0.25) is 0 Å². The molecule has 10 rings (SSSR count). The lowest BCUT2D eigenvalue weighted by molar-refractivity contribution is 0.0681. The van der Waals surface area contributed by atoms with E-state index in [0.717, 1.165) is 75.8 Å². The predicted molar refractivity (Wildman–Crippen MR) is 202 cm³/mol. The molecule has 0 spiro atoms. The molecule has 246 valence electrons. The molecule has 0 aliphatic heterocycles. The molecule has 8 nitrogen and oxygen atoms in total. The van der Waals surface area contributed by atoms with Crippen molar-refractivity contribution in [2.75, 3.05) is 0 Å². The Labute approximate surface area is 291 Å². The monoisotopic (exact) mass is 678 g/mol. The van der Waals surface area contributed by atoms with Gasteiger partial charge in [0.15, 0.2) is 0 Å². The Morgan fingerprint density at radius 1 is 0.269 bits per heavy atom. The van der Waals surface area contributed by atoms with Gasteiger partial charge in [-0.2, -0.15) is 0 Å². The van der Waals surface area contributed by atoms with E-state index < -0.39 is 23.9 Å². The van der Waals surface area contributed by atoms with Crippen LogP contribution in [0.5, 0.6) is 0 Å². The largest absolute Gasteiger partial charge is 0.478 e. The second kappa shape index (κ2) is 10.1. The van der Waals surface area contributed by atoms with Crippen molar-refractivity contribution in [3.63, 3.8) is 0 Å². The highest BCUT2D eigenvalue weighted by atomic mass is 16.4. The number of carbonyl (C=O) groups is 4. The van der Waals surface area contributed by atoms with Crippen molar-refractivity contribution in [3.8, 4) is 11.1 Å². The van der Waals surface area contributed by atoms with Gasteiger partial charge in [0, 0.05) is 10.8 Å². The molecule has 0 atom stereocenters. The van der Waals surface area contributed by atoms with Crippen molar-refractivity contribution >= 4 is 110 Å². The zero-order valence-electron chi connectivity index (χ0n) is 26.8. The first-order chi connectivity index (χ1) is 25.2. The Balaban J connectivity index is 1.32. The first kappa shape index (κ1) is 29.6. The third-order valence-corrected chi connectivity index (χ3v) is 10.8. The average molecular weight is 679 g/mol. The van der Waals surface area contributed by atoms with Gasteiger partial charge in [0.2, 0.25) is 0 Å². The molecule has 0 aliphatic rings. The van der Waals surface area contributed by atoms with Gasteiger partial charge in [-0.15, -0.1) is 0 Å². The number of carboxylic acid groups (broad SMARTS) is 4. The zero-order chi connectivity index (χ0) is 35.7. The van der Waals surface area contributed by atoms with E-state index in [9.17, 15) is 39.6 Å². The highest BCUT2D eigenvalue weighted by Gasteiger charge is 2.25. The van der Waals surface area contributed by atoms with Crippen molar-refractivity contribution in [3.05, 3.63) is 131 Å². The summed E-state index contributed by atoms with van der Waals surface area (Å²) >= 11 is 0. The minimum Gasteiger partial charge on any atom is -0.478 e. The van der Waals surface area contributed by atoms with Crippen molar-refractivity contribution in [1.82, 2.24) is 0 Å². The van der Waals surface area contributed by atoms with Gasteiger partial charge in [-0.3, -0.25) is 0 Å². The number of carboxylic acids is 4. The zero-order valence-corrected chi connectivity index (χ0v) is 26.8. The number of benzene rings is 10. The Morgan fingerprint density at radius 2 is 0.519 bits per heavy atom. The SMILES string of the molecule is O=C(O)c1ccc2c3cccc4c(-c5ccc6c7ccc(C(=O)O)c8c(C(=O)O)ccc(c9cccc5c96)c87)ccc(c5ccc(C(=O)O)c1c25)c43. The maximum atomic E-state index is 12.3. The molecule has 0 fully saturated rings. The highest BCUT2D eigenvalue weighted by Crippen LogP contribution is 2.48. The lowest BCUT2D eigenvalue weighted by Gasteiger charge is -2.20. The molecule has 0 saturated heterocycles. The van der Waals surface area contributed by atoms with E-state index in [1.807, 2.05) is 48.5 Å². The van der Waals surface area contributed by atoms with Crippen LogP contribution in [0.15, 0.2) is 109 Å². The minimum atomic E-state index is -1.20. The van der Waals surface area contributed by atoms with Crippen LogP contribution in [-0.4, -0.2) is 44.3 Å². The van der Waals surface area contributed by atoms with Crippen LogP contribution in [0.1, 0.15) is 41.4 Å². The Bertz CT molecular complexity index is 2940. The lowest BCUT2D eigenvalue weighted by Crippen LogP contribution is -2.05. The normalized spacial score (nSPS) is 12.1. The maximum Gasteiger partial charge on any atom is 0.336 e. The number of rotatable bonds is 5. The summed E-state index contributed by atoms with van der Waals surface area (Å²) in [5, 5.41) is 52.2. The molecular weight excluding hydrogens is 656 g/mol. The summed E-state index contributed by atoms with van der Waals surface area (Å²) in [6, 6.07) is 33.1. The lowest BCUT2D eigenvalue weighted by atomic mass is 9.82. The van der Waals surface area contributed by atoms with E-state index in [1.165, 1.54) is 24.3 Å². The Morgan fingerprint density at radius 3 is 0.827 bits per heavy atom. The average Bonchev–Trinajstić information content (AvgIpc) is 3.14. The van der Waals surface area contributed by atoms with Crippen LogP contribution in [0, 0.1) is 0 Å². The third-order valence-electron chi connectivity index (χ3n) is 10.8. The fourth-order valence-corrected chi connectivity index (χ4v) is 8.78. The molecule has 0 radical (unpaired) electrons. The summed E-state index contributed by atoms with van der Waals surface area (Å²) in [5.74, 6) is -4.79. The quantitative estimate of drug-likeness (QED) is 0.104. The molecule has 0 aliphatic carbocycles. The van der Waals surface area contributed by atoms with E-state index in [2.05, 4.69) is 12.1 Å². The van der Waals surface area contributed by atoms with Crippen molar-refractivity contribution < 1.29 is 39.6 Å². The van der Waals surface area contributed by atoms with E-state index >= 15 is 0 Å². The molecule has 0 heterocycles. The van der Waals surface area contributed by atoms with Gasteiger partial charge in [0.1, 0.15) is 0 Å². The molecule has 10 aromatic carbocycles. The number of aromatic carboxylic acids is 4. The van der Waals surface area contributed by atoms with Crippen LogP contribution < -0.4 is 0 Å². The summed E-state index contributed by atoms with van der Waals surface area (Å²) in [6.07, 6.45) is 0. The van der Waals surface area contributed by atoms with Crippen LogP contribution in [0.25, 0.3) is 97.3 Å². The second-order valence-corrected chi connectivity index (χ2v) is 13.1. The summed E-state index contributed by atoms with van der Waals surface area (Å²) in [4.78, 5) is 49.2. The summed E-state index contributed by atoms with van der Waals surface area (Å²) < 4.78 is 0. The van der Waals surface area contributed by atoms with Gasteiger partial charge in [-0.1, -0.05) is 84.9 Å². The molecule has 0 saturated carbocycles. The van der Waals surface area contributed by atoms with E-state index in [1.54, 1.807) is 24.3 Å². The smallest absolute Gasteiger partial charge is 0.336 e. The number of hydrogen-bond donors (Lipinski definition) is 4. The molecule has 0 amide bonds. The fraction of sp³-hybridized carbons (Fsp3) is 0. The molecule has 0 bridgehead atoms. The Hall–Kier alpha value is -7.32. The molecule has 0 aromatic heterocycles.